The molecule has 0 bridgehead atoms. The molecule has 0 unspecified atom stereocenters. The van der Waals surface area contributed by atoms with Crippen LogP contribution in [0.4, 0.5) is 0 Å². The van der Waals surface area contributed by atoms with Crippen molar-refractivity contribution < 1.29 is 103 Å². The summed E-state index contributed by atoms with van der Waals surface area (Å²) in [5.41, 5.74) is 0. The van der Waals surface area contributed by atoms with E-state index in [4.69, 9.17) is 38.9 Å². The monoisotopic (exact) mass is 960 g/mol. The van der Waals surface area contributed by atoms with Gasteiger partial charge in [0.05, 0.1) is 34.2 Å². The Morgan fingerprint density at radius 2 is 0.395 bits per heavy atom. The van der Waals surface area contributed by atoms with Gasteiger partial charge >= 0.3 is 44.8 Å². The molecule has 0 aliphatic carbocycles. The molecule has 0 radical (unpaired) electrons. The van der Waals surface area contributed by atoms with E-state index in [1.54, 1.807) is 41.5 Å². The minimum Gasteiger partial charge on any atom is -0.855 e. The third-order valence-electron chi connectivity index (χ3n) is 0.983. The van der Waals surface area contributed by atoms with Crippen LogP contribution in [-0.4, -0.2) is 73.9 Å². The fraction of sp³-hybridized carbons (Fsp3) is 1.00. The van der Waals surface area contributed by atoms with Crippen LogP contribution in [0.5, 0.6) is 0 Å². The van der Waals surface area contributed by atoms with E-state index in [9.17, 15) is 19.2 Å². The van der Waals surface area contributed by atoms with E-state index in [1.807, 2.05) is 0 Å². The van der Waals surface area contributed by atoms with E-state index in [0.717, 1.165) is 0 Å². The summed E-state index contributed by atoms with van der Waals surface area (Å²) in [7, 11) is -11.2. The van der Waals surface area contributed by atoms with Gasteiger partial charge < -0.3 is 58.1 Å². The second kappa shape index (κ2) is 48.6. The van der Waals surface area contributed by atoms with Crippen LogP contribution in [0.15, 0.2) is 0 Å². The molecular weight excluding hydrogens is 906 g/mol. The van der Waals surface area contributed by atoms with Gasteiger partial charge in [-0.3, -0.25) is 0 Å². The van der Waals surface area contributed by atoms with Crippen molar-refractivity contribution in [3.63, 3.8) is 0 Å². The predicted octanol–water partition coefficient (Wildman–Crippen LogP) is -5.55. The number of hydrogen-bond acceptors (Lipinski definition) is 12. The summed E-state index contributed by atoms with van der Waals surface area (Å²) >= 11 is 0. The van der Waals surface area contributed by atoms with E-state index >= 15 is 0 Å². The molecule has 0 atom stereocenters. The molecule has 0 aromatic rings. The number of hydrogen-bond donors (Lipinski definition) is 0. The average molecular weight is 961 g/mol. The fourth-order valence-electron chi connectivity index (χ4n) is 1.18. The van der Waals surface area contributed by atoms with E-state index < -0.39 is 34.2 Å². The Morgan fingerprint density at radius 1 is 0.342 bits per heavy atom. The third-order valence-corrected chi connectivity index (χ3v) is 8.85. The maximum absolute atomic E-state index is 10.9. The van der Waals surface area contributed by atoms with Crippen LogP contribution in [0.25, 0.3) is 0 Å². The predicted molar refractivity (Wildman–Crippen MR) is 135 cm³/mol. The molecule has 0 amide bonds. The Labute approximate surface area is 269 Å². The Bertz CT molecular complexity index is 276. The zero-order valence-corrected chi connectivity index (χ0v) is 36.5. The van der Waals surface area contributed by atoms with Crippen molar-refractivity contribution in [1.29, 1.82) is 0 Å². The minimum absolute atomic E-state index is 0. The molecule has 0 spiro atoms. The summed E-state index contributed by atoms with van der Waals surface area (Å²) in [6, 6.07) is 0. The summed E-state index contributed by atoms with van der Waals surface area (Å²) in [4.78, 5) is 43.5. The van der Waals surface area contributed by atoms with E-state index in [2.05, 4.69) is 0 Å². The maximum atomic E-state index is 10.9. The van der Waals surface area contributed by atoms with Crippen molar-refractivity contribution >= 4 is 34.2 Å². The zero-order valence-electron chi connectivity index (χ0n) is 26.0. The van der Waals surface area contributed by atoms with Gasteiger partial charge in [-0.15, -0.1) is 39.6 Å². The van der Waals surface area contributed by atoms with Crippen molar-refractivity contribution in [2.24, 2.45) is 0 Å². The van der Waals surface area contributed by atoms with Gasteiger partial charge in [-0.2, -0.15) is 0 Å². The van der Waals surface area contributed by atoms with E-state index in [0.29, 0.717) is 0 Å². The largest absolute Gasteiger partial charge is 5.00 e. The molecule has 38 heavy (non-hydrogen) atoms. The van der Waals surface area contributed by atoms with Gasteiger partial charge in [0.1, 0.15) is 0 Å². The maximum Gasteiger partial charge on any atom is 5.00 e. The van der Waals surface area contributed by atoms with Crippen LogP contribution in [0, 0.1) is 0 Å². The molecule has 0 saturated carbocycles. The second-order valence-corrected chi connectivity index (χ2v) is 20.4. The van der Waals surface area contributed by atoms with Gasteiger partial charge in [-0.05, 0) is 0 Å². The topological polar surface area (TPSA) is 249 Å². The molecule has 0 aliphatic rings. The van der Waals surface area contributed by atoms with Crippen molar-refractivity contribution in [1.82, 2.24) is 0 Å². The van der Waals surface area contributed by atoms with Crippen LogP contribution in [0.2, 0.25) is 52.4 Å². The molecule has 12 nitrogen and oxygen atoms in total. The van der Waals surface area contributed by atoms with Gasteiger partial charge in [-0.1, -0.05) is 93.9 Å². The van der Waals surface area contributed by atoms with E-state index in [1.165, 1.54) is 52.4 Å². The molecule has 0 saturated heterocycles. The standard InChI is InChI=1S/2C4H12O3Si2.6C2H5O.2Ta/c2*1-8(2,5)7-9(3,4)6;6*1-2-3;;/h2*1-4H3;6*2H2,1H3;;/q2*-2;6*-1;2*+5. The summed E-state index contributed by atoms with van der Waals surface area (Å²) in [5.74, 6) is 0. The molecule has 18 heteroatoms. The van der Waals surface area contributed by atoms with Gasteiger partial charge in [-0.25, -0.2) is 0 Å². The smallest absolute Gasteiger partial charge is 0.855 e. The first kappa shape index (κ1) is 67.5. The van der Waals surface area contributed by atoms with Gasteiger partial charge in [0.2, 0.25) is 0 Å². The molecule has 0 aliphatic heterocycles. The van der Waals surface area contributed by atoms with Crippen LogP contribution in [-0.2, 0) is 53.0 Å². The Kier molecular flexibility index (Phi) is 86.3. The molecule has 232 valence electrons. The van der Waals surface area contributed by atoms with Gasteiger partial charge in [0, 0.05) is 0 Å². The minimum atomic E-state index is -2.79. The fourth-order valence-corrected chi connectivity index (χ4v) is 10.7. The molecule has 0 rings (SSSR count). The van der Waals surface area contributed by atoms with Gasteiger partial charge in [0.15, 0.2) is 0 Å². The van der Waals surface area contributed by atoms with Crippen molar-refractivity contribution in [2.75, 3.05) is 39.6 Å². The summed E-state index contributed by atoms with van der Waals surface area (Å²) in [6.07, 6.45) is 0. The molecule has 0 fully saturated rings. The summed E-state index contributed by atoms with van der Waals surface area (Å²) in [5, 5.41) is 53.6. The second-order valence-electron chi connectivity index (χ2n) is 7.54. The van der Waals surface area contributed by atoms with Crippen LogP contribution < -0.4 is 49.8 Å². The normalized spacial score (nSPS) is 9.47. The van der Waals surface area contributed by atoms with Crippen molar-refractivity contribution in [3.05, 3.63) is 0 Å². The SMILES string of the molecule is CC[O-].CC[O-].CC[O-].CC[O-].CC[O-].CC[O-].C[Si](C)([O-])O[Si](C)(C)[O-].C[Si](C)([O-])O[Si](C)(C)[O-].[Ta+5].[Ta+5]. The van der Waals surface area contributed by atoms with Crippen LogP contribution >= 0.6 is 0 Å². The summed E-state index contributed by atoms with van der Waals surface area (Å²) in [6.45, 7) is 21.3. The van der Waals surface area contributed by atoms with Gasteiger partial charge in [0.25, 0.3) is 0 Å². The van der Waals surface area contributed by atoms with Crippen LogP contribution in [0.1, 0.15) is 41.5 Å². The quantitative estimate of drug-likeness (QED) is 0.240. The first-order valence-electron chi connectivity index (χ1n) is 11.6. The molecule has 0 aromatic heterocycles. The van der Waals surface area contributed by atoms with E-state index in [-0.39, 0.29) is 84.4 Å². The van der Waals surface area contributed by atoms with Crippen LogP contribution in [0.3, 0.4) is 0 Å². The molecule has 0 N–H and O–H groups in total. The molecule has 0 aromatic carbocycles. The Hall–Kier alpha value is 1.87. The van der Waals surface area contributed by atoms with Crippen molar-refractivity contribution in [2.45, 2.75) is 93.9 Å². The average Bonchev–Trinajstić information content (AvgIpc) is 2.52. The third kappa shape index (κ3) is 268. The molecular formula is C20H54O12Si4Ta2. The number of rotatable bonds is 4. The first-order valence-corrected chi connectivity index (χ1v) is 22.9. The first-order chi connectivity index (χ1) is 15.9. The summed E-state index contributed by atoms with van der Waals surface area (Å²) < 4.78 is 9.58. The van der Waals surface area contributed by atoms with Crippen molar-refractivity contribution in [3.8, 4) is 0 Å². The Balaban J connectivity index is -0.0000000313. The zero-order chi connectivity index (χ0) is 31.7. The molecule has 0 heterocycles. The Morgan fingerprint density at radius 3 is 0.395 bits per heavy atom.